The molecular weight excluding hydrogens is 455 g/mol. The van der Waals surface area contributed by atoms with E-state index in [0.717, 1.165) is 5.39 Å². The molecule has 7 nitrogen and oxygen atoms in total. The summed E-state index contributed by atoms with van der Waals surface area (Å²) >= 11 is 12.3. The molecule has 1 aliphatic heterocycles. The van der Waals surface area contributed by atoms with Crippen LogP contribution in [0.3, 0.4) is 0 Å². The van der Waals surface area contributed by atoms with Gasteiger partial charge in [0.1, 0.15) is 11.3 Å². The van der Waals surface area contributed by atoms with Crippen molar-refractivity contribution in [1.29, 1.82) is 0 Å². The molecule has 5 rings (SSSR count). The number of Topliss-reactive ketones (excluding diaryl/α,β-unsaturated/α-hetero) is 1. The van der Waals surface area contributed by atoms with Crippen LogP contribution in [0.1, 0.15) is 27.9 Å². The van der Waals surface area contributed by atoms with Crippen molar-refractivity contribution in [3.05, 3.63) is 93.1 Å². The fraction of sp³-hybridized carbons (Fsp3) is 0.0870. The average molecular weight is 469 g/mol. The van der Waals surface area contributed by atoms with Crippen LogP contribution in [0, 0.1) is 6.92 Å². The largest absolute Gasteiger partial charge is 0.503 e. The van der Waals surface area contributed by atoms with E-state index in [1.807, 2.05) is 6.07 Å². The zero-order chi connectivity index (χ0) is 22.6. The van der Waals surface area contributed by atoms with Crippen molar-refractivity contribution in [3.8, 4) is 0 Å². The highest BCUT2D eigenvalue weighted by molar-refractivity contribution is 6.42. The van der Waals surface area contributed by atoms with E-state index in [-0.39, 0.29) is 22.2 Å². The minimum atomic E-state index is -1.03. The second-order valence-corrected chi connectivity index (χ2v) is 8.10. The van der Waals surface area contributed by atoms with Crippen LogP contribution in [0.15, 0.2) is 74.9 Å². The molecule has 0 radical (unpaired) electrons. The number of aromatic nitrogens is 1. The standard InChI is InChI=1S/C23H14Cl2N2O5/c1-11-8-18(26-32-11)27-20(13-6-7-14(24)15(25)9-13)19(22(29)23(27)30)21(28)17-10-12-4-2-3-5-16(12)31-17/h2-10,20,29H,1H3. The molecule has 2 aromatic heterocycles. The molecule has 0 fully saturated rings. The zero-order valence-electron chi connectivity index (χ0n) is 16.5. The Bertz CT molecular complexity index is 1400. The summed E-state index contributed by atoms with van der Waals surface area (Å²) < 4.78 is 10.8. The van der Waals surface area contributed by atoms with Crippen molar-refractivity contribution in [2.45, 2.75) is 13.0 Å². The van der Waals surface area contributed by atoms with Gasteiger partial charge in [-0.1, -0.05) is 52.6 Å². The van der Waals surface area contributed by atoms with Gasteiger partial charge in [-0.05, 0) is 36.8 Å². The first-order valence-electron chi connectivity index (χ1n) is 9.53. The highest BCUT2D eigenvalue weighted by Gasteiger charge is 2.46. The molecule has 160 valence electrons. The van der Waals surface area contributed by atoms with Crippen LogP contribution in [0.5, 0.6) is 0 Å². The summed E-state index contributed by atoms with van der Waals surface area (Å²) in [7, 11) is 0. The van der Waals surface area contributed by atoms with E-state index in [2.05, 4.69) is 5.16 Å². The third-order valence-electron chi connectivity index (χ3n) is 5.22. The lowest BCUT2D eigenvalue weighted by molar-refractivity contribution is -0.117. The van der Waals surface area contributed by atoms with Gasteiger partial charge in [-0.2, -0.15) is 0 Å². The number of halogens is 2. The lowest BCUT2D eigenvalue weighted by Gasteiger charge is -2.24. The second kappa shape index (κ2) is 7.55. The molecule has 1 aliphatic rings. The number of furan rings is 1. The number of aliphatic hydroxyl groups is 1. The molecule has 3 heterocycles. The monoisotopic (exact) mass is 468 g/mol. The Morgan fingerprint density at radius 1 is 1.09 bits per heavy atom. The van der Waals surface area contributed by atoms with Crippen molar-refractivity contribution in [2.24, 2.45) is 0 Å². The van der Waals surface area contributed by atoms with E-state index in [1.165, 1.54) is 17.0 Å². The number of benzene rings is 2. The SMILES string of the molecule is Cc1cc(N2C(=O)C(O)=C(C(=O)c3cc4ccccc4o3)C2c2ccc(Cl)c(Cl)c2)no1. The lowest BCUT2D eigenvalue weighted by atomic mass is 9.95. The van der Waals surface area contributed by atoms with Crippen molar-refractivity contribution < 1.29 is 23.6 Å². The van der Waals surface area contributed by atoms with Crippen LogP contribution >= 0.6 is 23.2 Å². The molecule has 4 aromatic rings. The Balaban J connectivity index is 1.68. The summed E-state index contributed by atoms with van der Waals surface area (Å²) in [5.74, 6) is -1.55. The normalized spacial score (nSPS) is 16.4. The number of hydrogen-bond acceptors (Lipinski definition) is 6. The fourth-order valence-corrected chi connectivity index (χ4v) is 4.07. The summed E-state index contributed by atoms with van der Waals surface area (Å²) in [5, 5.41) is 15.9. The third-order valence-corrected chi connectivity index (χ3v) is 5.96. The van der Waals surface area contributed by atoms with E-state index >= 15 is 0 Å². The van der Waals surface area contributed by atoms with Gasteiger partial charge in [0.25, 0.3) is 5.91 Å². The first-order valence-corrected chi connectivity index (χ1v) is 10.3. The molecule has 0 bridgehead atoms. The maximum absolute atomic E-state index is 13.5. The number of ketones is 1. The predicted molar refractivity (Wildman–Crippen MR) is 118 cm³/mol. The zero-order valence-corrected chi connectivity index (χ0v) is 18.0. The number of anilines is 1. The number of rotatable bonds is 4. The van der Waals surface area contributed by atoms with E-state index in [4.69, 9.17) is 32.1 Å². The second-order valence-electron chi connectivity index (χ2n) is 7.29. The van der Waals surface area contributed by atoms with Gasteiger partial charge < -0.3 is 14.0 Å². The van der Waals surface area contributed by atoms with Crippen molar-refractivity contribution in [3.63, 3.8) is 0 Å². The Labute approximate surface area is 191 Å². The van der Waals surface area contributed by atoms with Crippen molar-refractivity contribution in [1.82, 2.24) is 5.16 Å². The van der Waals surface area contributed by atoms with Crippen molar-refractivity contribution in [2.75, 3.05) is 4.90 Å². The fourth-order valence-electron chi connectivity index (χ4n) is 3.76. The Hall–Kier alpha value is -3.55. The number of hydrogen-bond donors (Lipinski definition) is 1. The summed E-state index contributed by atoms with van der Waals surface area (Å²) in [6, 6.07) is 13.9. The van der Waals surface area contributed by atoms with E-state index in [0.29, 0.717) is 21.9 Å². The molecule has 0 saturated heterocycles. The average Bonchev–Trinajstić information content (AvgIpc) is 3.46. The first-order chi connectivity index (χ1) is 15.3. The van der Waals surface area contributed by atoms with Gasteiger partial charge in [0.05, 0.1) is 21.7 Å². The highest BCUT2D eigenvalue weighted by atomic mass is 35.5. The maximum atomic E-state index is 13.5. The van der Waals surface area contributed by atoms with Gasteiger partial charge in [-0.3, -0.25) is 14.5 Å². The van der Waals surface area contributed by atoms with Crippen LogP contribution in [-0.2, 0) is 4.79 Å². The number of aliphatic hydroxyl groups excluding tert-OH is 1. The van der Waals surface area contributed by atoms with Gasteiger partial charge in [0.2, 0.25) is 5.78 Å². The molecular formula is C23H14Cl2N2O5. The van der Waals surface area contributed by atoms with Gasteiger partial charge in [-0.25, -0.2) is 0 Å². The summed E-state index contributed by atoms with van der Waals surface area (Å²) in [5.41, 5.74) is 0.806. The number of amides is 1. The topological polar surface area (TPSA) is 96.8 Å². The summed E-state index contributed by atoms with van der Waals surface area (Å²) in [6.07, 6.45) is 0. The van der Waals surface area contributed by atoms with E-state index in [1.54, 1.807) is 43.3 Å². The number of para-hydroxylation sites is 1. The minimum absolute atomic E-state index is 0.0104. The van der Waals surface area contributed by atoms with E-state index < -0.39 is 23.5 Å². The minimum Gasteiger partial charge on any atom is -0.503 e. The molecule has 1 N–H and O–H groups in total. The maximum Gasteiger partial charge on any atom is 0.295 e. The van der Waals surface area contributed by atoms with Gasteiger partial charge >= 0.3 is 0 Å². The Kier molecular flexibility index (Phi) is 4.80. The van der Waals surface area contributed by atoms with Gasteiger partial charge in [0.15, 0.2) is 17.3 Å². The van der Waals surface area contributed by atoms with Crippen LogP contribution in [0.25, 0.3) is 11.0 Å². The molecule has 0 saturated carbocycles. The smallest absolute Gasteiger partial charge is 0.295 e. The third kappa shape index (κ3) is 3.18. The highest BCUT2D eigenvalue weighted by Crippen LogP contribution is 2.43. The van der Waals surface area contributed by atoms with Crippen LogP contribution < -0.4 is 4.90 Å². The molecule has 32 heavy (non-hydrogen) atoms. The molecule has 0 spiro atoms. The molecule has 9 heteroatoms. The van der Waals surface area contributed by atoms with Crippen LogP contribution in [-0.4, -0.2) is 22.0 Å². The number of aryl methyl sites for hydroxylation is 1. The number of nitrogens with zero attached hydrogens (tertiary/aromatic N) is 2. The van der Waals surface area contributed by atoms with Gasteiger partial charge in [-0.15, -0.1) is 0 Å². The van der Waals surface area contributed by atoms with Crippen LogP contribution in [0.2, 0.25) is 10.0 Å². The molecule has 0 aliphatic carbocycles. The number of carbonyl (C=O) groups is 2. The molecule has 1 amide bonds. The van der Waals surface area contributed by atoms with Crippen LogP contribution in [0.4, 0.5) is 5.82 Å². The van der Waals surface area contributed by atoms with Gasteiger partial charge in [0, 0.05) is 11.5 Å². The molecule has 2 aromatic carbocycles. The van der Waals surface area contributed by atoms with Crippen molar-refractivity contribution >= 4 is 51.7 Å². The molecule has 1 unspecified atom stereocenters. The Morgan fingerprint density at radius 3 is 2.56 bits per heavy atom. The number of carbonyl (C=O) groups excluding carboxylic acids is 2. The number of fused-ring (bicyclic) bond motifs is 1. The first kappa shape index (κ1) is 20.4. The molecule has 1 atom stereocenters. The van der Waals surface area contributed by atoms with E-state index in [9.17, 15) is 14.7 Å². The summed E-state index contributed by atoms with van der Waals surface area (Å²) in [6.45, 7) is 1.67. The lowest BCUT2D eigenvalue weighted by Crippen LogP contribution is -2.31. The Morgan fingerprint density at radius 2 is 1.88 bits per heavy atom. The summed E-state index contributed by atoms with van der Waals surface area (Å²) in [4.78, 5) is 27.7. The quantitative estimate of drug-likeness (QED) is 0.379. The predicted octanol–water partition coefficient (Wildman–Crippen LogP) is 5.82.